The van der Waals surface area contributed by atoms with E-state index < -0.39 is 0 Å². The fourth-order valence-electron chi connectivity index (χ4n) is 2.02. The zero-order valence-electron chi connectivity index (χ0n) is 11.4. The zero-order chi connectivity index (χ0) is 13.8. The number of aromatic nitrogens is 1. The lowest BCUT2D eigenvalue weighted by atomic mass is 10.2. The maximum atomic E-state index is 4.57. The van der Waals surface area contributed by atoms with Crippen molar-refractivity contribution < 1.29 is 0 Å². The van der Waals surface area contributed by atoms with E-state index in [-0.39, 0.29) is 0 Å². The fraction of sp³-hybridized carbons (Fsp3) is 0.357. The zero-order valence-corrected chi connectivity index (χ0v) is 13.8. The molecular weight excluding hydrogens is 322 g/mol. The second-order valence-corrected chi connectivity index (χ2v) is 6.36. The average Bonchev–Trinajstić information content (AvgIpc) is 2.91. The van der Waals surface area contributed by atoms with Crippen molar-refractivity contribution in [2.45, 2.75) is 19.5 Å². The van der Waals surface area contributed by atoms with E-state index in [1.54, 1.807) is 11.3 Å². The van der Waals surface area contributed by atoms with Crippen LogP contribution in [0.3, 0.4) is 0 Å². The maximum absolute atomic E-state index is 4.57. The molecule has 0 aliphatic rings. The van der Waals surface area contributed by atoms with Gasteiger partial charge < -0.3 is 10.2 Å². The second-order valence-electron chi connectivity index (χ2n) is 4.47. The average molecular weight is 340 g/mol. The summed E-state index contributed by atoms with van der Waals surface area (Å²) < 4.78 is 1.01. The SMILES string of the molecule is CNCc1cc(Br)cnc1N(C)C(C)c1cccs1. The highest BCUT2D eigenvalue weighted by atomic mass is 79.9. The number of hydrogen-bond acceptors (Lipinski definition) is 4. The van der Waals surface area contributed by atoms with Gasteiger partial charge in [-0.25, -0.2) is 4.98 Å². The third-order valence-corrected chi connectivity index (χ3v) is 4.62. The molecule has 2 aromatic heterocycles. The molecule has 5 heteroatoms. The molecule has 1 N–H and O–H groups in total. The van der Waals surface area contributed by atoms with Crippen molar-refractivity contribution in [3.63, 3.8) is 0 Å². The summed E-state index contributed by atoms with van der Waals surface area (Å²) in [6.07, 6.45) is 1.85. The van der Waals surface area contributed by atoms with Gasteiger partial charge in [0.25, 0.3) is 0 Å². The predicted molar refractivity (Wildman–Crippen MR) is 85.8 cm³/mol. The molecule has 0 amide bonds. The normalized spacial score (nSPS) is 12.4. The summed E-state index contributed by atoms with van der Waals surface area (Å²) in [7, 11) is 4.05. The molecule has 2 heterocycles. The van der Waals surface area contributed by atoms with Crippen LogP contribution in [-0.4, -0.2) is 19.1 Å². The Hall–Kier alpha value is -0.910. The molecule has 0 aromatic carbocycles. The molecule has 0 aliphatic carbocycles. The Morgan fingerprint density at radius 3 is 2.95 bits per heavy atom. The first-order chi connectivity index (χ1) is 9.13. The van der Waals surface area contributed by atoms with Crippen LogP contribution >= 0.6 is 27.3 Å². The molecular formula is C14H18BrN3S. The van der Waals surface area contributed by atoms with Gasteiger partial charge in [-0.2, -0.15) is 0 Å². The summed E-state index contributed by atoms with van der Waals surface area (Å²) >= 11 is 5.27. The summed E-state index contributed by atoms with van der Waals surface area (Å²) in [5.74, 6) is 1.03. The molecule has 19 heavy (non-hydrogen) atoms. The van der Waals surface area contributed by atoms with Gasteiger partial charge in [-0.05, 0) is 47.4 Å². The van der Waals surface area contributed by atoms with E-state index in [2.05, 4.69) is 68.7 Å². The van der Waals surface area contributed by atoms with Crippen LogP contribution in [0.1, 0.15) is 23.4 Å². The lowest BCUT2D eigenvalue weighted by Gasteiger charge is -2.27. The molecule has 0 fully saturated rings. The Morgan fingerprint density at radius 2 is 2.32 bits per heavy atom. The van der Waals surface area contributed by atoms with Crippen molar-refractivity contribution in [1.29, 1.82) is 0 Å². The van der Waals surface area contributed by atoms with E-state index in [0.717, 1.165) is 16.8 Å². The van der Waals surface area contributed by atoms with Crippen molar-refractivity contribution in [3.05, 3.63) is 44.7 Å². The summed E-state index contributed by atoms with van der Waals surface area (Å²) in [5.41, 5.74) is 1.20. The highest BCUT2D eigenvalue weighted by Crippen LogP contribution is 2.30. The van der Waals surface area contributed by atoms with Crippen molar-refractivity contribution in [1.82, 2.24) is 10.3 Å². The van der Waals surface area contributed by atoms with Gasteiger partial charge in [0, 0.05) is 34.7 Å². The molecule has 1 unspecified atom stereocenters. The van der Waals surface area contributed by atoms with Gasteiger partial charge in [0.05, 0.1) is 6.04 Å². The molecule has 1 atom stereocenters. The number of hydrogen-bond donors (Lipinski definition) is 1. The van der Waals surface area contributed by atoms with Crippen LogP contribution in [0.15, 0.2) is 34.2 Å². The number of halogens is 1. The minimum atomic E-state index is 0.323. The Bertz CT molecular complexity index is 527. The monoisotopic (exact) mass is 339 g/mol. The second kappa shape index (κ2) is 6.50. The minimum Gasteiger partial charge on any atom is -0.352 e. The van der Waals surface area contributed by atoms with Crippen molar-refractivity contribution in [2.75, 3.05) is 19.0 Å². The highest BCUT2D eigenvalue weighted by Gasteiger charge is 2.17. The van der Waals surface area contributed by atoms with E-state index in [9.17, 15) is 0 Å². The van der Waals surface area contributed by atoms with Crippen molar-refractivity contribution in [2.24, 2.45) is 0 Å². The van der Waals surface area contributed by atoms with E-state index >= 15 is 0 Å². The van der Waals surface area contributed by atoms with Crippen LogP contribution in [0.2, 0.25) is 0 Å². The first-order valence-corrected chi connectivity index (χ1v) is 7.86. The Kier molecular flexibility index (Phi) is 4.96. The Morgan fingerprint density at radius 1 is 1.53 bits per heavy atom. The molecule has 2 rings (SSSR count). The summed E-state index contributed by atoms with van der Waals surface area (Å²) in [4.78, 5) is 8.15. The molecule has 0 bridgehead atoms. The molecule has 3 nitrogen and oxygen atoms in total. The largest absolute Gasteiger partial charge is 0.352 e. The van der Waals surface area contributed by atoms with E-state index in [4.69, 9.17) is 0 Å². The molecule has 0 saturated carbocycles. The van der Waals surface area contributed by atoms with Gasteiger partial charge in [0.15, 0.2) is 0 Å². The predicted octanol–water partition coefficient (Wildman–Crippen LogP) is 3.82. The molecule has 102 valence electrons. The van der Waals surface area contributed by atoms with Crippen LogP contribution < -0.4 is 10.2 Å². The van der Waals surface area contributed by atoms with E-state index in [1.165, 1.54) is 10.4 Å². The fourth-order valence-corrected chi connectivity index (χ4v) is 3.22. The minimum absolute atomic E-state index is 0.323. The summed E-state index contributed by atoms with van der Waals surface area (Å²) in [5, 5.41) is 5.31. The maximum Gasteiger partial charge on any atom is 0.133 e. The van der Waals surface area contributed by atoms with E-state index in [1.807, 2.05) is 13.2 Å². The van der Waals surface area contributed by atoms with Gasteiger partial charge in [-0.1, -0.05) is 6.07 Å². The molecule has 0 saturated heterocycles. The van der Waals surface area contributed by atoms with Gasteiger partial charge in [-0.3, -0.25) is 0 Å². The number of pyridine rings is 1. The third-order valence-electron chi connectivity index (χ3n) is 3.15. The van der Waals surface area contributed by atoms with Gasteiger partial charge in [0.2, 0.25) is 0 Å². The van der Waals surface area contributed by atoms with Gasteiger partial charge >= 0.3 is 0 Å². The van der Waals surface area contributed by atoms with Gasteiger partial charge in [-0.15, -0.1) is 11.3 Å². The number of anilines is 1. The van der Waals surface area contributed by atoms with Crippen LogP contribution in [0.5, 0.6) is 0 Å². The Labute approximate surface area is 126 Å². The number of nitrogens with one attached hydrogen (secondary N) is 1. The highest BCUT2D eigenvalue weighted by molar-refractivity contribution is 9.10. The smallest absolute Gasteiger partial charge is 0.133 e. The quantitative estimate of drug-likeness (QED) is 0.897. The lowest BCUT2D eigenvalue weighted by molar-refractivity contribution is 0.724. The molecule has 2 aromatic rings. The van der Waals surface area contributed by atoms with E-state index in [0.29, 0.717) is 6.04 Å². The van der Waals surface area contributed by atoms with Crippen LogP contribution in [0.4, 0.5) is 5.82 Å². The van der Waals surface area contributed by atoms with Crippen LogP contribution in [0, 0.1) is 0 Å². The third kappa shape index (κ3) is 3.35. The summed E-state index contributed by atoms with van der Waals surface area (Å²) in [6.45, 7) is 3.02. The lowest BCUT2D eigenvalue weighted by Crippen LogP contribution is -2.24. The topological polar surface area (TPSA) is 28.2 Å². The van der Waals surface area contributed by atoms with Crippen LogP contribution in [-0.2, 0) is 6.54 Å². The number of nitrogens with zero attached hydrogens (tertiary/aromatic N) is 2. The standard InChI is InChI=1S/C14H18BrN3S/c1-10(13-5-4-6-19-13)18(3)14-11(8-16-2)7-12(15)9-17-14/h4-7,9-10,16H,8H2,1-3H3. The number of thiophene rings is 1. The summed E-state index contributed by atoms with van der Waals surface area (Å²) in [6, 6.07) is 6.71. The first-order valence-electron chi connectivity index (χ1n) is 6.18. The van der Waals surface area contributed by atoms with Crippen molar-refractivity contribution >= 4 is 33.1 Å². The Balaban J connectivity index is 2.30. The molecule has 0 aliphatic heterocycles. The van der Waals surface area contributed by atoms with Gasteiger partial charge in [0.1, 0.15) is 5.82 Å². The first kappa shape index (κ1) is 14.5. The van der Waals surface area contributed by atoms with Crippen LogP contribution in [0.25, 0.3) is 0 Å². The molecule has 0 spiro atoms. The number of rotatable bonds is 5. The molecule has 0 radical (unpaired) electrons. The van der Waals surface area contributed by atoms with Crippen molar-refractivity contribution in [3.8, 4) is 0 Å².